The Morgan fingerprint density at radius 1 is 1.04 bits per heavy atom. The first-order chi connectivity index (χ1) is 13.6. The zero-order chi connectivity index (χ0) is 19.9. The molecule has 0 atom stereocenters. The average molecular weight is 389 g/mol. The fraction of sp³-hybridized carbons (Fsp3) is 0.571. The molecule has 2 fully saturated rings. The van der Waals surface area contributed by atoms with E-state index in [-0.39, 0.29) is 29.5 Å². The molecule has 1 aromatic carbocycles. The Morgan fingerprint density at radius 2 is 1.68 bits per heavy atom. The molecule has 1 heterocycles. The monoisotopic (exact) mass is 389 g/mol. The van der Waals surface area contributed by atoms with Gasteiger partial charge in [0.1, 0.15) is 5.82 Å². The number of amides is 3. The van der Waals surface area contributed by atoms with Gasteiger partial charge in [-0.2, -0.15) is 0 Å². The second-order valence-corrected chi connectivity index (χ2v) is 7.65. The topological polar surface area (TPSA) is 69.7 Å². The molecule has 7 heteroatoms. The molecule has 6 nitrogen and oxygen atoms in total. The van der Waals surface area contributed by atoms with Crippen LogP contribution in [0.25, 0.3) is 0 Å². The second kappa shape index (κ2) is 9.66. The predicted molar refractivity (Wildman–Crippen MR) is 103 cm³/mol. The lowest BCUT2D eigenvalue weighted by molar-refractivity contribution is -0.141. The molecular weight excluding hydrogens is 361 g/mol. The Bertz CT molecular complexity index is 696. The molecule has 0 spiro atoms. The summed E-state index contributed by atoms with van der Waals surface area (Å²) in [5, 5.41) is 2.91. The first-order valence-corrected chi connectivity index (χ1v) is 10.1. The number of hydrogen-bond donors (Lipinski definition) is 1. The van der Waals surface area contributed by atoms with E-state index >= 15 is 0 Å². The lowest BCUT2D eigenvalue weighted by Crippen LogP contribution is -2.50. The van der Waals surface area contributed by atoms with E-state index in [1.54, 1.807) is 23.1 Å². The van der Waals surface area contributed by atoms with Gasteiger partial charge in [-0.05, 0) is 43.7 Å². The molecule has 3 rings (SSSR count). The number of hydrogen-bond acceptors (Lipinski definition) is 3. The van der Waals surface area contributed by atoms with Gasteiger partial charge in [0, 0.05) is 44.6 Å². The van der Waals surface area contributed by atoms with Crippen LogP contribution in [-0.2, 0) is 20.8 Å². The number of benzene rings is 1. The van der Waals surface area contributed by atoms with E-state index in [2.05, 4.69) is 5.32 Å². The highest BCUT2D eigenvalue weighted by Crippen LogP contribution is 2.30. The van der Waals surface area contributed by atoms with E-state index in [1.807, 2.05) is 4.90 Å². The molecule has 0 unspecified atom stereocenters. The third-order valence-electron chi connectivity index (χ3n) is 5.87. The van der Waals surface area contributed by atoms with Gasteiger partial charge in [-0.3, -0.25) is 14.4 Å². The lowest BCUT2D eigenvalue weighted by atomic mass is 9.81. The average Bonchev–Trinajstić information content (AvgIpc) is 2.74. The van der Waals surface area contributed by atoms with Crippen molar-refractivity contribution in [1.82, 2.24) is 15.1 Å². The summed E-state index contributed by atoms with van der Waals surface area (Å²) in [5.74, 6) is -0.183. The van der Waals surface area contributed by atoms with Gasteiger partial charge in [-0.25, -0.2) is 4.39 Å². The summed E-state index contributed by atoms with van der Waals surface area (Å²) in [7, 11) is 0. The van der Waals surface area contributed by atoms with Crippen molar-refractivity contribution in [2.45, 2.75) is 32.1 Å². The molecule has 1 saturated carbocycles. The summed E-state index contributed by atoms with van der Waals surface area (Å²) in [6.45, 7) is 2.78. The van der Waals surface area contributed by atoms with E-state index in [0.29, 0.717) is 57.5 Å². The minimum Gasteiger partial charge on any atom is -0.356 e. The largest absolute Gasteiger partial charge is 0.356 e. The van der Waals surface area contributed by atoms with E-state index in [1.165, 1.54) is 6.07 Å². The Balaban J connectivity index is 1.38. The Hall–Kier alpha value is -2.44. The van der Waals surface area contributed by atoms with Gasteiger partial charge >= 0.3 is 0 Å². The van der Waals surface area contributed by atoms with Crippen LogP contribution in [0.5, 0.6) is 0 Å². The van der Waals surface area contributed by atoms with E-state index in [4.69, 9.17) is 0 Å². The quantitative estimate of drug-likeness (QED) is 0.752. The van der Waals surface area contributed by atoms with Crippen LogP contribution in [0, 0.1) is 17.7 Å². The van der Waals surface area contributed by atoms with Gasteiger partial charge in [0.15, 0.2) is 0 Å². The standard InChI is InChI=1S/C21H28FN3O3/c22-19-4-2-1-3-16(19)9-10-23-20(27)17-5-7-18(8-6-17)21(28)25-13-11-24(15-26)12-14-25/h1-4,15,17-18H,5-14H2,(H,23,27). The van der Waals surface area contributed by atoms with Crippen molar-refractivity contribution >= 4 is 18.2 Å². The van der Waals surface area contributed by atoms with Gasteiger partial charge in [0.25, 0.3) is 0 Å². The van der Waals surface area contributed by atoms with E-state index < -0.39 is 0 Å². The maximum Gasteiger partial charge on any atom is 0.225 e. The molecule has 0 radical (unpaired) electrons. The van der Waals surface area contributed by atoms with Crippen LogP contribution in [-0.4, -0.2) is 60.7 Å². The van der Waals surface area contributed by atoms with Crippen molar-refractivity contribution < 1.29 is 18.8 Å². The van der Waals surface area contributed by atoms with E-state index in [9.17, 15) is 18.8 Å². The van der Waals surface area contributed by atoms with Gasteiger partial charge in [-0.15, -0.1) is 0 Å². The number of nitrogens with one attached hydrogen (secondary N) is 1. The van der Waals surface area contributed by atoms with Gasteiger partial charge in [-0.1, -0.05) is 18.2 Å². The normalized spacial score (nSPS) is 22.6. The van der Waals surface area contributed by atoms with Crippen molar-refractivity contribution in [2.24, 2.45) is 11.8 Å². The van der Waals surface area contributed by atoms with Crippen molar-refractivity contribution in [3.63, 3.8) is 0 Å². The zero-order valence-corrected chi connectivity index (χ0v) is 16.1. The molecule has 152 valence electrons. The molecule has 3 amide bonds. The van der Waals surface area contributed by atoms with Crippen molar-refractivity contribution in [3.05, 3.63) is 35.6 Å². The highest BCUT2D eigenvalue weighted by molar-refractivity contribution is 5.81. The maximum atomic E-state index is 13.6. The van der Waals surface area contributed by atoms with Crippen LogP contribution in [0.3, 0.4) is 0 Å². The summed E-state index contributed by atoms with van der Waals surface area (Å²) >= 11 is 0. The fourth-order valence-corrected chi connectivity index (χ4v) is 4.07. The number of carbonyl (C=O) groups excluding carboxylic acids is 3. The Labute approximate surface area is 165 Å². The van der Waals surface area contributed by atoms with Crippen LogP contribution in [0.1, 0.15) is 31.2 Å². The first kappa shape index (κ1) is 20.3. The maximum absolute atomic E-state index is 13.6. The van der Waals surface area contributed by atoms with E-state index in [0.717, 1.165) is 19.3 Å². The van der Waals surface area contributed by atoms with Gasteiger partial charge in [0.05, 0.1) is 0 Å². The molecule has 1 aliphatic carbocycles. The smallest absolute Gasteiger partial charge is 0.225 e. The zero-order valence-electron chi connectivity index (χ0n) is 16.1. The molecule has 0 aromatic heterocycles. The summed E-state index contributed by atoms with van der Waals surface area (Å²) in [4.78, 5) is 39.4. The molecule has 28 heavy (non-hydrogen) atoms. The first-order valence-electron chi connectivity index (χ1n) is 10.1. The summed E-state index contributed by atoms with van der Waals surface area (Å²) in [6, 6.07) is 6.60. The van der Waals surface area contributed by atoms with Gasteiger partial charge < -0.3 is 15.1 Å². The molecular formula is C21H28FN3O3. The highest BCUT2D eigenvalue weighted by Gasteiger charge is 2.33. The molecule has 2 aliphatic rings. The Kier molecular flexibility index (Phi) is 7.01. The number of halogens is 1. The molecule has 0 bridgehead atoms. The van der Waals surface area contributed by atoms with Crippen molar-refractivity contribution in [3.8, 4) is 0 Å². The number of nitrogens with zero attached hydrogens (tertiary/aromatic N) is 2. The molecule has 1 saturated heterocycles. The van der Waals surface area contributed by atoms with Crippen LogP contribution >= 0.6 is 0 Å². The van der Waals surface area contributed by atoms with Crippen molar-refractivity contribution in [1.29, 1.82) is 0 Å². The number of carbonyl (C=O) groups is 3. The second-order valence-electron chi connectivity index (χ2n) is 7.65. The third kappa shape index (κ3) is 5.09. The van der Waals surface area contributed by atoms with Gasteiger partial charge in [0.2, 0.25) is 18.2 Å². The molecule has 1 aliphatic heterocycles. The molecule has 1 N–H and O–H groups in total. The number of rotatable bonds is 6. The summed E-state index contributed by atoms with van der Waals surface area (Å²) in [5.41, 5.74) is 0.604. The highest BCUT2D eigenvalue weighted by atomic mass is 19.1. The number of piperazine rings is 1. The van der Waals surface area contributed by atoms with Crippen LogP contribution in [0.2, 0.25) is 0 Å². The van der Waals surface area contributed by atoms with Crippen LogP contribution in [0.4, 0.5) is 4.39 Å². The molecule has 1 aromatic rings. The lowest BCUT2D eigenvalue weighted by Gasteiger charge is -2.36. The predicted octanol–water partition coefficient (Wildman–Crippen LogP) is 1.59. The minimum atomic E-state index is -0.246. The van der Waals surface area contributed by atoms with Crippen LogP contribution in [0.15, 0.2) is 24.3 Å². The fourth-order valence-electron chi connectivity index (χ4n) is 4.07. The summed E-state index contributed by atoms with van der Waals surface area (Å²) in [6.07, 6.45) is 4.15. The third-order valence-corrected chi connectivity index (χ3v) is 5.87. The minimum absolute atomic E-state index is 0.00170. The van der Waals surface area contributed by atoms with Crippen molar-refractivity contribution in [2.75, 3.05) is 32.7 Å². The van der Waals surface area contributed by atoms with Crippen LogP contribution < -0.4 is 5.32 Å². The SMILES string of the molecule is O=CN1CCN(C(=O)C2CCC(C(=O)NCCc3ccccc3F)CC2)CC1. The summed E-state index contributed by atoms with van der Waals surface area (Å²) < 4.78 is 13.6. The Morgan fingerprint density at radius 3 is 2.32 bits per heavy atom.